The fourth-order valence-electron chi connectivity index (χ4n) is 4.81. The van der Waals surface area contributed by atoms with Gasteiger partial charge in [0.25, 0.3) is 0 Å². The fraction of sp³-hybridized carbons (Fsp3) is 0.905. The lowest BCUT2D eigenvalue weighted by molar-refractivity contribution is -0.124. The average molecular weight is 379 g/mol. The van der Waals surface area contributed by atoms with Crippen molar-refractivity contribution in [3.63, 3.8) is 0 Å². The summed E-state index contributed by atoms with van der Waals surface area (Å²) in [6.07, 6.45) is 13.0. The number of nitrogens with zero attached hydrogens (tertiary/aromatic N) is 1. The molecule has 0 aromatic heterocycles. The van der Waals surface area contributed by atoms with Crippen molar-refractivity contribution in [2.45, 2.75) is 82.7 Å². The molecule has 1 aliphatic carbocycles. The van der Waals surface area contributed by atoms with Crippen LogP contribution >= 0.6 is 0 Å². The minimum absolute atomic E-state index is 0.000698. The van der Waals surface area contributed by atoms with E-state index < -0.39 is 0 Å². The number of amides is 2. The number of piperidine rings is 1. The van der Waals surface area contributed by atoms with Crippen molar-refractivity contribution in [1.29, 1.82) is 0 Å². The van der Waals surface area contributed by atoms with Crippen molar-refractivity contribution < 1.29 is 9.59 Å². The molecule has 0 bridgehead atoms. The second kappa shape index (κ2) is 11.0. The van der Waals surface area contributed by atoms with E-state index in [-0.39, 0.29) is 17.9 Å². The SMILES string of the molecule is O=C(CN1CCCC(CNC(=O)C2CCCN2)C1)NC1CCCCCCC1. The summed E-state index contributed by atoms with van der Waals surface area (Å²) in [5, 5.41) is 9.65. The van der Waals surface area contributed by atoms with Crippen molar-refractivity contribution in [2.24, 2.45) is 5.92 Å². The molecule has 2 heterocycles. The van der Waals surface area contributed by atoms with Crippen LogP contribution in [0.2, 0.25) is 0 Å². The summed E-state index contributed by atoms with van der Waals surface area (Å²) in [5.41, 5.74) is 0. The quantitative estimate of drug-likeness (QED) is 0.659. The molecule has 2 aliphatic heterocycles. The summed E-state index contributed by atoms with van der Waals surface area (Å²) in [5.74, 6) is 0.783. The minimum Gasteiger partial charge on any atom is -0.354 e. The first-order valence-electron chi connectivity index (χ1n) is 11.2. The Labute approximate surface area is 164 Å². The Kier molecular flexibility index (Phi) is 8.39. The first kappa shape index (κ1) is 20.6. The molecular formula is C21H38N4O2. The molecule has 2 saturated heterocycles. The van der Waals surface area contributed by atoms with E-state index in [4.69, 9.17) is 0 Å². The van der Waals surface area contributed by atoms with Gasteiger partial charge in [-0.05, 0) is 57.5 Å². The van der Waals surface area contributed by atoms with Gasteiger partial charge in [0.2, 0.25) is 11.8 Å². The van der Waals surface area contributed by atoms with Crippen molar-refractivity contribution >= 4 is 11.8 Å². The van der Waals surface area contributed by atoms with Crippen LogP contribution in [0.1, 0.15) is 70.6 Å². The topological polar surface area (TPSA) is 73.5 Å². The zero-order chi connectivity index (χ0) is 18.9. The van der Waals surface area contributed by atoms with E-state index in [0.29, 0.717) is 18.5 Å². The van der Waals surface area contributed by atoms with Gasteiger partial charge < -0.3 is 16.0 Å². The van der Waals surface area contributed by atoms with E-state index in [1.54, 1.807) is 0 Å². The van der Waals surface area contributed by atoms with Crippen LogP contribution in [0.15, 0.2) is 0 Å². The Balaban J connectivity index is 1.35. The predicted molar refractivity (Wildman–Crippen MR) is 107 cm³/mol. The molecule has 0 radical (unpaired) electrons. The molecule has 3 N–H and O–H groups in total. The molecule has 3 rings (SSSR count). The van der Waals surface area contributed by atoms with Crippen LogP contribution < -0.4 is 16.0 Å². The lowest BCUT2D eigenvalue weighted by Gasteiger charge is -2.33. The van der Waals surface area contributed by atoms with Crippen molar-refractivity contribution in [2.75, 3.05) is 32.7 Å². The van der Waals surface area contributed by atoms with Gasteiger partial charge in [0.1, 0.15) is 0 Å². The zero-order valence-corrected chi connectivity index (χ0v) is 16.8. The van der Waals surface area contributed by atoms with Gasteiger partial charge in [-0.3, -0.25) is 14.5 Å². The largest absolute Gasteiger partial charge is 0.354 e. The third kappa shape index (κ3) is 7.07. The number of nitrogens with one attached hydrogen (secondary N) is 3. The van der Waals surface area contributed by atoms with Gasteiger partial charge in [-0.15, -0.1) is 0 Å². The molecule has 2 unspecified atom stereocenters. The monoisotopic (exact) mass is 378 g/mol. The number of hydrogen-bond donors (Lipinski definition) is 3. The van der Waals surface area contributed by atoms with Crippen molar-refractivity contribution in [3.8, 4) is 0 Å². The van der Waals surface area contributed by atoms with Gasteiger partial charge in [0.15, 0.2) is 0 Å². The summed E-state index contributed by atoms with van der Waals surface area (Å²) >= 11 is 0. The normalized spacial score (nSPS) is 28.3. The van der Waals surface area contributed by atoms with Gasteiger partial charge in [-0.2, -0.15) is 0 Å². The van der Waals surface area contributed by atoms with Crippen LogP contribution in [0, 0.1) is 5.92 Å². The van der Waals surface area contributed by atoms with Crippen LogP contribution in [0.4, 0.5) is 0 Å². The summed E-state index contributed by atoms with van der Waals surface area (Å²) in [7, 11) is 0. The van der Waals surface area contributed by atoms with Crippen LogP contribution in [0.3, 0.4) is 0 Å². The molecule has 2 atom stereocenters. The smallest absolute Gasteiger partial charge is 0.237 e. The van der Waals surface area contributed by atoms with Crippen LogP contribution in [0.25, 0.3) is 0 Å². The molecule has 27 heavy (non-hydrogen) atoms. The Morgan fingerprint density at radius 1 is 0.926 bits per heavy atom. The number of rotatable bonds is 6. The summed E-state index contributed by atoms with van der Waals surface area (Å²) < 4.78 is 0. The molecular weight excluding hydrogens is 340 g/mol. The fourth-order valence-corrected chi connectivity index (χ4v) is 4.81. The van der Waals surface area contributed by atoms with E-state index in [2.05, 4.69) is 20.9 Å². The Morgan fingerprint density at radius 2 is 1.70 bits per heavy atom. The summed E-state index contributed by atoms with van der Waals surface area (Å²) in [6.45, 7) is 4.09. The third-order valence-corrected chi connectivity index (χ3v) is 6.38. The lowest BCUT2D eigenvalue weighted by Crippen LogP contribution is -2.48. The predicted octanol–water partition coefficient (Wildman–Crippen LogP) is 1.80. The average Bonchev–Trinajstić information content (AvgIpc) is 3.17. The molecule has 1 saturated carbocycles. The molecule has 6 heteroatoms. The molecule has 2 amide bonds. The van der Waals surface area contributed by atoms with E-state index >= 15 is 0 Å². The van der Waals surface area contributed by atoms with E-state index in [1.165, 1.54) is 32.1 Å². The van der Waals surface area contributed by atoms with Gasteiger partial charge in [0, 0.05) is 19.1 Å². The zero-order valence-electron chi connectivity index (χ0n) is 16.8. The lowest BCUT2D eigenvalue weighted by atomic mass is 9.96. The Hall–Kier alpha value is -1.14. The molecule has 3 aliphatic rings. The van der Waals surface area contributed by atoms with E-state index in [9.17, 15) is 9.59 Å². The molecule has 0 spiro atoms. The Morgan fingerprint density at radius 3 is 2.44 bits per heavy atom. The molecule has 0 aromatic carbocycles. The molecule has 6 nitrogen and oxygen atoms in total. The van der Waals surface area contributed by atoms with E-state index in [0.717, 1.165) is 64.7 Å². The van der Waals surface area contributed by atoms with Gasteiger partial charge in [-0.25, -0.2) is 0 Å². The summed E-state index contributed by atoms with van der Waals surface area (Å²) in [4.78, 5) is 26.9. The third-order valence-electron chi connectivity index (χ3n) is 6.38. The molecule has 3 fully saturated rings. The highest BCUT2D eigenvalue weighted by atomic mass is 16.2. The number of hydrogen-bond acceptors (Lipinski definition) is 4. The highest BCUT2D eigenvalue weighted by Gasteiger charge is 2.25. The Bertz CT molecular complexity index is 471. The van der Waals surface area contributed by atoms with Gasteiger partial charge in [0.05, 0.1) is 12.6 Å². The van der Waals surface area contributed by atoms with Gasteiger partial charge in [-0.1, -0.05) is 32.1 Å². The second-order valence-electron chi connectivity index (χ2n) is 8.75. The molecule has 154 valence electrons. The maximum absolute atomic E-state index is 12.5. The van der Waals surface area contributed by atoms with Crippen LogP contribution in [-0.2, 0) is 9.59 Å². The minimum atomic E-state index is -0.000698. The number of likely N-dealkylation sites (tertiary alicyclic amines) is 1. The maximum Gasteiger partial charge on any atom is 0.237 e. The van der Waals surface area contributed by atoms with E-state index in [1.807, 2.05) is 0 Å². The van der Waals surface area contributed by atoms with Gasteiger partial charge >= 0.3 is 0 Å². The first-order valence-corrected chi connectivity index (χ1v) is 11.2. The highest BCUT2D eigenvalue weighted by Crippen LogP contribution is 2.18. The highest BCUT2D eigenvalue weighted by molar-refractivity contribution is 5.82. The summed E-state index contributed by atoms with van der Waals surface area (Å²) in [6, 6.07) is 0.371. The number of carbonyl (C=O) groups excluding carboxylic acids is 2. The first-order chi connectivity index (χ1) is 13.2. The second-order valence-corrected chi connectivity index (χ2v) is 8.75. The van der Waals surface area contributed by atoms with Crippen LogP contribution in [0.5, 0.6) is 0 Å². The maximum atomic E-state index is 12.5. The molecule has 0 aromatic rings. The van der Waals surface area contributed by atoms with Crippen LogP contribution in [-0.4, -0.2) is 61.5 Å². The number of carbonyl (C=O) groups is 2. The van der Waals surface area contributed by atoms with Crippen molar-refractivity contribution in [1.82, 2.24) is 20.9 Å². The standard InChI is InChI=1S/C21H38N4O2/c26-20(24-18-9-4-2-1-3-5-10-18)16-25-13-7-8-17(15-25)14-23-21(27)19-11-6-12-22-19/h17-19,22H,1-16H2,(H,23,27)(H,24,26). The van der Waals surface area contributed by atoms with Crippen molar-refractivity contribution in [3.05, 3.63) is 0 Å².